The van der Waals surface area contributed by atoms with Crippen LogP contribution in [0.3, 0.4) is 0 Å². The van der Waals surface area contributed by atoms with Crippen LogP contribution in [0.25, 0.3) is 0 Å². The number of non-ortho nitro benzene ring substituents is 1. The highest BCUT2D eigenvalue weighted by Gasteiger charge is 2.17. The molecule has 1 amide bonds. The molecule has 0 aliphatic rings. The molecule has 7 nitrogen and oxygen atoms in total. The number of nitrogens with one attached hydrogen (secondary N) is 1. The van der Waals surface area contributed by atoms with Crippen LogP contribution in [-0.4, -0.2) is 24.0 Å². The van der Waals surface area contributed by atoms with Crippen molar-refractivity contribution in [2.75, 3.05) is 12.4 Å². The number of rotatable bonds is 6. The average molecular weight is 330 g/mol. The van der Waals surface area contributed by atoms with Crippen LogP contribution in [0.1, 0.15) is 12.5 Å². The first kappa shape index (κ1) is 17.3. The van der Waals surface area contributed by atoms with Gasteiger partial charge in [-0.2, -0.15) is 0 Å². The molecule has 0 radical (unpaired) electrons. The molecule has 1 N–H and O–H groups in total. The van der Waals surface area contributed by atoms with Gasteiger partial charge in [0.05, 0.1) is 17.7 Å². The Labute approximate surface area is 139 Å². The van der Waals surface area contributed by atoms with Gasteiger partial charge in [0, 0.05) is 18.2 Å². The molecule has 0 aliphatic carbocycles. The molecule has 0 saturated heterocycles. The summed E-state index contributed by atoms with van der Waals surface area (Å²) in [5.41, 5.74) is 1.02. The van der Waals surface area contributed by atoms with E-state index in [0.29, 0.717) is 17.2 Å². The van der Waals surface area contributed by atoms with Crippen molar-refractivity contribution in [1.29, 1.82) is 0 Å². The summed E-state index contributed by atoms with van der Waals surface area (Å²) in [5, 5.41) is 13.5. The van der Waals surface area contributed by atoms with Gasteiger partial charge in [0.2, 0.25) is 0 Å². The fourth-order valence-corrected chi connectivity index (χ4v) is 2.02. The maximum atomic E-state index is 12.3. The molecule has 0 aliphatic heterocycles. The molecule has 0 saturated carbocycles. The molecular weight excluding hydrogens is 312 g/mol. The summed E-state index contributed by atoms with van der Waals surface area (Å²) in [7, 11) is 1.54. The molecule has 2 rings (SSSR count). The van der Waals surface area contributed by atoms with E-state index in [4.69, 9.17) is 9.47 Å². The van der Waals surface area contributed by atoms with Crippen LogP contribution in [0, 0.1) is 17.0 Å². The first-order valence-corrected chi connectivity index (χ1v) is 7.27. The quantitative estimate of drug-likeness (QED) is 0.648. The van der Waals surface area contributed by atoms with Gasteiger partial charge < -0.3 is 14.8 Å². The third kappa shape index (κ3) is 4.22. The van der Waals surface area contributed by atoms with Gasteiger partial charge in [0.1, 0.15) is 11.5 Å². The van der Waals surface area contributed by atoms with Gasteiger partial charge in [0.25, 0.3) is 11.6 Å². The molecule has 0 heterocycles. The van der Waals surface area contributed by atoms with Crippen molar-refractivity contribution in [3.8, 4) is 11.5 Å². The minimum atomic E-state index is -0.782. The van der Waals surface area contributed by atoms with Crippen molar-refractivity contribution in [2.45, 2.75) is 20.0 Å². The van der Waals surface area contributed by atoms with Gasteiger partial charge in [-0.1, -0.05) is 12.1 Å². The Bertz CT molecular complexity index is 760. The molecule has 0 bridgehead atoms. The molecular formula is C17H18N2O5. The van der Waals surface area contributed by atoms with Crippen molar-refractivity contribution in [2.24, 2.45) is 0 Å². The lowest BCUT2D eigenvalue weighted by atomic mass is 10.1. The molecule has 7 heteroatoms. The zero-order chi connectivity index (χ0) is 17.7. The number of benzene rings is 2. The number of nitro groups is 1. The second-order valence-electron chi connectivity index (χ2n) is 5.18. The van der Waals surface area contributed by atoms with Crippen molar-refractivity contribution in [3.63, 3.8) is 0 Å². The van der Waals surface area contributed by atoms with Crippen LogP contribution in [0.15, 0.2) is 42.5 Å². The van der Waals surface area contributed by atoms with Gasteiger partial charge in [-0.3, -0.25) is 14.9 Å². The van der Waals surface area contributed by atoms with Crippen molar-refractivity contribution in [3.05, 3.63) is 58.1 Å². The summed E-state index contributed by atoms with van der Waals surface area (Å²) in [6.45, 7) is 3.36. The Balaban J connectivity index is 2.08. The molecule has 2 aromatic carbocycles. The number of hydrogen-bond acceptors (Lipinski definition) is 5. The smallest absolute Gasteiger partial charge is 0.271 e. The second kappa shape index (κ2) is 7.45. The predicted octanol–water partition coefficient (Wildman–Crippen LogP) is 3.32. The summed E-state index contributed by atoms with van der Waals surface area (Å²) < 4.78 is 10.7. The topological polar surface area (TPSA) is 90.7 Å². The maximum absolute atomic E-state index is 12.3. The van der Waals surface area contributed by atoms with Crippen molar-refractivity contribution in [1.82, 2.24) is 0 Å². The number of anilines is 1. The highest BCUT2D eigenvalue weighted by molar-refractivity contribution is 5.95. The van der Waals surface area contributed by atoms with Gasteiger partial charge in [-0.25, -0.2) is 0 Å². The number of carbonyl (C=O) groups excluding carboxylic acids is 1. The summed E-state index contributed by atoms with van der Waals surface area (Å²) in [6, 6.07) is 11.2. The number of nitrogens with zero attached hydrogens (tertiary/aromatic N) is 1. The SMILES string of the molecule is COc1cccc(OC(C)C(=O)Nc2cc([N+](=O)[O-])ccc2C)c1. The highest BCUT2D eigenvalue weighted by atomic mass is 16.6. The first-order chi connectivity index (χ1) is 11.4. The van der Waals surface area contributed by atoms with Crippen LogP contribution in [0.4, 0.5) is 11.4 Å². The molecule has 24 heavy (non-hydrogen) atoms. The minimum Gasteiger partial charge on any atom is -0.497 e. The Morgan fingerprint density at radius 1 is 1.21 bits per heavy atom. The van der Waals surface area contributed by atoms with Crippen LogP contribution in [-0.2, 0) is 4.79 Å². The molecule has 126 valence electrons. The van der Waals surface area contributed by atoms with E-state index in [1.807, 2.05) is 0 Å². The second-order valence-corrected chi connectivity index (χ2v) is 5.18. The zero-order valence-corrected chi connectivity index (χ0v) is 13.6. The fourth-order valence-electron chi connectivity index (χ4n) is 2.02. The number of nitro benzene ring substituents is 1. The van der Waals surface area contributed by atoms with Crippen molar-refractivity contribution >= 4 is 17.3 Å². The summed E-state index contributed by atoms with van der Waals surface area (Å²) in [5.74, 6) is 0.712. The molecule has 0 aromatic heterocycles. The van der Waals surface area contributed by atoms with Gasteiger partial charge in [0.15, 0.2) is 6.10 Å². The average Bonchev–Trinajstić information content (AvgIpc) is 2.56. The van der Waals surface area contributed by atoms with Gasteiger partial charge in [-0.15, -0.1) is 0 Å². The lowest BCUT2D eigenvalue weighted by molar-refractivity contribution is -0.384. The zero-order valence-electron chi connectivity index (χ0n) is 13.6. The van der Waals surface area contributed by atoms with Crippen molar-refractivity contribution < 1.29 is 19.2 Å². The third-order valence-electron chi connectivity index (χ3n) is 3.41. The van der Waals surface area contributed by atoms with Gasteiger partial charge in [-0.05, 0) is 31.5 Å². The number of ether oxygens (including phenoxy) is 2. The Kier molecular flexibility index (Phi) is 5.36. The van der Waals surface area contributed by atoms with Crippen LogP contribution < -0.4 is 14.8 Å². The van der Waals surface area contributed by atoms with E-state index < -0.39 is 16.9 Å². The normalized spacial score (nSPS) is 11.5. The monoisotopic (exact) mass is 330 g/mol. The van der Waals surface area contributed by atoms with E-state index >= 15 is 0 Å². The largest absolute Gasteiger partial charge is 0.497 e. The number of aryl methyl sites for hydroxylation is 1. The number of carbonyl (C=O) groups is 1. The molecule has 0 fully saturated rings. The number of methoxy groups -OCH3 is 1. The maximum Gasteiger partial charge on any atom is 0.271 e. The lowest BCUT2D eigenvalue weighted by Gasteiger charge is -2.16. The van der Waals surface area contributed by atoms with E-state index in [1.54, 1.807) is 51.3 Å². The van der Waals surface area contributed by atoms with E-state index in [9.17, 15) is 14.9 Å². The number of hydrogen-bond donors (Lipinski definition) is 1. The van der Waals surface area contributed by atoms with E-state index in [1.165, 1.54) is 12.1 Å². The van der Waals surface area contributed by atoms with Crippen LogP contribution in [0.2, 0.25) is 0 Å². The number of amides is 1. The lowest BCUT2D eigenvalue weighted by Crippen LogP contribution is -2.30. The minimum absolute atomic E-state index is 0.0859. The predicted molar refractivity (Wildman–Crippen MR) is 89.5 cm³/mol. The summed E-state index contributed by atoms with van der Waals surface area (Å²) in [6.07, 6.45) is -0.782. The molecule has 1 atom stereocenters. The van der Waals surface area contributed by atoms with E-state index in [0.717, 1.165) is 5.56 Å². The molecule has 2 aromatic rings. The van der Waals surface area contributed by atoms with E-state index in [-0.39, 0.29) is 5.69 Å². The molecule has 0 spiro atoms. The summed E-state index contributed by atoms with van der Waals surface area (Å²) in [4.78, 5) is 22.6. The standard InChI is InChI=1S/C17H18N2O5/c1-11-7-8-13(19(21)22)9-16(11)18-17(20)12(2)24-15-6-4-5-14(10-15)23-3/h4-10,12H,1-3H3,(H,18,20). The van der Waals surface area contributed by atoms with Gasteiger partial charge >= 0.3 is 0 Å². The van der Waals surface area contributed by atoms with Crippen LogP contribution in [0.5, 0.6) is 11.5 Å². The fraction of sp³-hybridized carbons (Fsp3) is 0.235. The molecule has 1 unspecified atom stereocenters. The third-order valence-corrected chi connectivity index (χ3v) is 3.41. The van der Waals surface area contributed by atoms with E-state index in [2.05, 4.69) is 5.32 Å². The van der Waals surface area contributed by atoms with Crippen LogP contribution >= 0.6 is 0 Å². The Morgan fingerprint density at radius 3 is 2.58 bits per heavy atom. The first-order valence-electron chi connectivity index (χ1n) is 7.27. The summed E-state index contributed by atoms with van der Waals surface area (Å²) >= 11 is 0. The Morgan fingerprint density at radius 2 is 1.92 bits per heavy atom. The highest BCUT2D eigenvalue weighted by Crippen LogP contribution is 2.23. The Hall–Kier alpha value is -3.09.